The van der Waals surface area contributed by atoms with Crippen molar-refractivity contribution in [3.63, 3.8) is 0 Å². The van der Waals surface area contributed by atoms with E-state index in [-0.39, 0.29) is 0 Å². The van der Waals surface area contributed by atoms with E-state index < -0.39 is 0 Å². The van der Waals surface area contributed by atoms with E-state index >= 15 is 0 Å². The first kappa shape index (κ1) is 31.4. The minimum Gasteiger partial charge on any atom is -0.456 e. The lowest BCUT2D eigenvalue weighted by Crippen LogP contribution is -1.92. The Balaban J connectivity index is 0.889. The van der Waals surface area contributed by atoms with Crippen molar-refractivity contribution in [3.8, 4) is 39.1 Å². The van der Waals surface area contributed by atoms with Gasteiger partial charge >= 0.3 is 0 Å². The second-order valence-electron chi connectivity index (χ2n) is 15.4. The molecular formula is C54H32N2O2. The predicted molar refractivity (Wildman–Crippen MR) is 241 cm³/mol. The summed E-state index contributed by atoms with van der Waals surface area (Å²) in [5.41, 5.74) is 16.3. The number of nitrogens with zero attached hydrogens (tertiary/aromatic N) is 1. The van der Waals surface area contributed by atoms with Crippen LogP contribution in [0, 0.1) is 0 Å². The number of H-pyrrole nitrogens is 1. The number of furan rings is 2. The van der Waals surface area contributed by atoms with Crippen LogP contribution >= 0.6 is 0 Å². The fourth-order valence-corrected chi connectivity index (χ4v) is 9.32. The summed E-state index contributed by atoms with van der Waals surface area (Å²) in [6, 6.07) is 67.4. The second kappa shape index (κ2) is 11.8. The van der Waals surface area contributed by atoms with E-state index in [4.69, 9.17) is 8.83 Å². The quantitative estimate of drug-likeness (QED) is 0.195. The van der Waals surface area contributed by atoms with Gasteiger partial charge < -0.3 is 18.4 Å². The first-order valence-corrected chi connectivity index (χ1v) is 19.7. The molecule has 0 aliphatic rings. The van der Waals surface area contributed by atoms with Crippen LogP contribution in [0.25, 0.3) is 127 Å². The summed E-state index contributed by atoms with van der Waals surface area (Å²) >= 11 is 0. The molecule has 13 rings (SSSR count). The van der Waals surface area contributed by atoms with Gasteiger partial charge in [0.15, 0.2) is 0 Å². The van der Waals surface area contributed by atoms with Gasteiger partial charge in [-0.1, -0.05) is 97.1 Å². The Morgan fingerprint density at radius 3 is 1.50 bits per heavy atom. The molecule has 0 spiro atoms. The molecule has 4 heteroatoms. The van der Waals surface area contributed by atoms with Gasteiger partial charge in [0.05, 0.1) is 11.0 Å². The van der Waals surface area contributed by atoms with Crippen LogP contribution in [0.4, 0.5) is 0 Å². The van der Waals surface area contributed by atoms with Crippen LogP contribution in [0.1, 0.15) is 0 Å². The highest BCUT2D eigenvalue weighted by molar-refractivity contribution is 6.16. The minimum atomic E-state index is 0.851. The van der Waals surface area contributed by atoms with E-state index in [0.717, 1.165) is 77.3 Å². The van der Waals surface area contributed by atoms with Crippen molar-refractivity contribution in [2.45, 2.75) is 0 Å². The number of aromatic amines is 1. The van der Waals surface area contributed by atoms with Gasteiger partial charge in [-0.15, -0.1) is 0 Å². The van der Waals surface area contributed by atoms with Crippen LogP contribution in [-0.2, 0) is 0 Å². The Morgan fingerprint density at radius 1 is 0.293 bits per heavy atom. The molecule has 0 aliphatic heterocycles. The lowest BCUT2D eigenvalue weighted by molar-refractivity contribution is 0.664. The average molecular weight is 741 g/mol. The van der Waals surface area contributed by atoms with Crippen LogP contribution in [0.5, 0.6) is 0 Å². The molecular weight excluding hydrogens is 709 g/mol. The van der Waals surface area contributed by atoms with E-state index in [1.807, 2.05) is 0 Å². The zero-order chi connectivity index (χ0) is 37.9. The molecule has 0 atom stereocenters. The standard InChI is InChI=1S/C54H32N2O2/c1-2-11-38(12-3-1)56-49-16-7-5-14-40(49)42-27-35(18-22-50(42)56)37-20-24-52-44(29-37)46-31-53-45(30-54(46)58-52)43-28-36(19-23-51(43)57-53)33-10-8-9-32(25-33)34-17-21-48-41(26-34)39-13-4-6-15-47(39)55-48/h1-31,55H. The summed E-state index contributed by atoms with van der Waals surface area (Å²) in [5, 5.41) is 9.20. The van der Waals surface area contributed by atoms with Gasteiger partial charge in [0.1, 0.15) is 22.3 Å². The molecule has 0 radical (unpaired) electrons. The molecule has 0 saturated carbocycles. The maximum atomic E-state index is 6.53. The first-order chi connectivity index (χ1) is 28.7. The lowest BCUT2D eigenvalue weighted by atomic mass is 9.97. The maximum Gasteiger partial charge on any atom is 0.136 e. The van der Waals surface area contributed by atoms with Crippen LogP contribution in [0.3, 0.4) is 0 Å². The number of para-hydroxylation sites is 3. The highest BCUT2D eigenvalue weighted by Crippen LogP contribution is 2.41. The van der Waals surface area contributed by atoms with Crippen molar-refractivity contribution < 1.29 is 8.83 Å². The number of aromatic nitrogens is 2. The molecule has 4 heterocycles. The van der Waals surface area contributed by atoms with E-state index in [2.05, 4.69) is 198 Å². The maximum absolute atomic E-state index is 6.53. The van der Waals surface area contributed by atoms with Crippen molar-refractivity contribution in [2.24, 2.45) is 0 Å². The van der Waals surface area contributed by atoms with Gasteiger partial charge in [-0.3, -0.25) is 0 Å². The zero-order valence-corrected chi connectivity index (χ0v) is 31.2. The number of fused-ring (bicyclic) bond motifs is 12. The summed E-state index contributed by atoms with van der Waals surface area (Å²) in [6.07, 6.45) is 0. The number of hydrogen-bond donors (Lipinski definition) is 1. The Morgan fingerprint density at radius 2 is 0.793 bits per heavy atom. The molecule has 13 aromatic rings. The van der Waals surface area contributed by atoms with Crippen LogP contribution in [0.15, 0.2) is 197 Å². The van der Waals surface area contributed by atoms with Crippen LogP contribution in [0.2, 0.25) is 0 Å². The smallest absolute Gasteiger partial charge is 0.136 e. The normalized spacial score (nSPS) is 12.1. The molecule has 0 bridgehead atoms. The topological polar surface area (TPSA) is 47.0 Å². The van der Waals surface area contributed by atoms with E-state index in [0.29, 0.717) is 0 Å². The third-order valence-electron chi connectivity index (χ3n) is 12.1. The van der Waals surface area contributed by atoms with Gasteiger partial charge in [0.25, 0.3) is 0 Å². The summed E-state index contributed by atoms with van der Waals surface area (Å²) < 4.78 is 15.4. The van der Waals surface area contributed by atoms with Crippen molar-refractivity contribution >= 4 is 87.5 Å². The fourth-order valence-electron chi connectivity index (χ4n) is 9.32. The summed E-state index contributed by atoms with van der Waals surface area (Å²) in [7, 11) is 0. The average Bonchev–Trinajstić information content (AvgIpc) is 4.03. The summed E-state index contributed by atoms with van der Waals surface area (Å²) in [4.78, 5) is 3.55. The highest BCUT2D eigenvalue weighted by Gasteiger charge is 2.17. The monoisotopic (exact) mass is 740 g/mol. The number of hydrogen-bond acceptors (Lipinski definition) is 2. The molecule has 9 aromatic carbocycles. The predicted octanol–water partition coefficient (Wildman–Crippen LogP) is 15.2. The minimum absolute atomic E-state index is 0.851. The van der Waals surface area contributed by atoms with Gasteiger partial charge in [-0.05, 0) is 124 Å². The zero-order valence-electron chi connectivity index (χ0n) is 31.2. The Kier molecular flexibility index (Phi) is 6.41. The molecule has 0 aliphatic carbocycles. The number of nitrogens with one attached hydrogen (secondary N) is 1. The van der Waals surface area contributed by atoms with E-state index in [1.54, 1.807) is 0 Å². The van der Waals surface area contributed by atoms with Crippen LogP contribution < -0.4 is 0 Å². The summed E-state index contributed by atoms with van der Waals surface area (Å²) in [6.45, 7) is 0. The second-order valence-corrected chi connectivity index (χ2v) is 15.4. The van der Waals surface area contributed by atoms with Crippen molar-refractivity contribution in [1.29, 1.82) is 0 Å². The highest BCUT2D eigenvalue weighted by atomic mass is 16.3. The van der Waals surface area contributed by atoms with E-state index in [1.165, 1.54) is 49.3 Å². The van der Waals surface area contributed by atoms with Gasteiger partial charge in [-0.25, -0.2) is 0 Å². The van der Waals surface area contributed by atoms with Crippen molar-refractivity contribution in [2.75, 3.05) is 0 Å². The Bertz CT molecular complexity index is 3800. The van der Waals surface area contributed by atoms with Gasteiger partial charge in [0.2, 0.25) is 0 Å². The third-order valence-corrected chi connectivity index (χ3v) is 12.1. The van der Waals surface area contributed by atoms with Crippen LogP contribution in [-0.4, -0.2) is 9.55 Å². The molecule has 58 heavy (non-hydrogen) atoms. The SMILES string of the molecule is c1ccc(-n2c3ccccc3c3cc(-c4ccc5oc6cc7c(cc6c5c4)oc4ccc(-c5cccc(-c6ccc8[nH]c9ccccc9c8c6)c5)cc47)ccc32)cc1. The van der Waals surface area contributed by atoms with Gasteiger partial charge in [-0.2, -0.15) is 0 Å². The first-order valence-electron chi connectivity index (χ1n) is 19.7. The molecule has 1 N–H and O–H groups in total. The molecule has 4 nitrogen and oxygen atoms in total. The molecule has 270 valence electrons. The van der Waals surface area contributed by atoms with Gasteiger partial charge in [0, 0.05) is 59.8 Å². The largest absolute Gasteiger partial charge is 0.456 e. The molecule has 4 aromatic heterocycles. The van der Waals surface area contributed by atoms with E-state index in [9.17, 15) is 0 Å². The Labute approximate surface area is 331 Å². The lowest BCUT2D eigenvalue weighted by Gasteiger charge is -2.08. The third kappa shape index (κ3) is 4.63. The fraction of sp³-hybridized carbons (Fsp3) is 0. The molecule has 0 unspecified atom stereocenters. The molecule has 0 fully saturated rings. The number of benzene rings is 9. The number of rotatable bonds is 4. The van der Waals surface area contributed by atoms with Crippen molar-refractivity contribution in [1.82, 2.24) is 9.55 Å². The molecule has 0 saturated heterocycles. The van der Waals surface area contributed by atoms with Crippen molar-refractivity contribution in [3.05, 3.63) is 188 Å². The molecule has 0 amide bonds. The Hall–Kier alpha value is -7.82. The summed E-state index contributed by atoms with van der Waals surface area (Å²) in [5.74, 6) is 0.